The van der Waals surface area contributed by atoms with Gasteiger partial charge >= 0.3 is 12.1 Å². The quantitative estimate of drug-likeness (QED) is 0.628. The van der Waals surface area contributed by atoms with Gasteiger partial charge in [-0.25, -0.2) is 4.79 Å². The molecule has 1 heterocycles. The molecule has 7 heteroatoms. The summed E-state index contributed by atoms with van der Waals surface area (Å²) in [6, 6.07) is 3.53. The van der Waals surface area contributed by atoms with E-state index in [0.29, 0.717) is 5.76 Å². The van der Waals surface area contributed by atoms with Gasteiger partial charge in [-0.2, -0.15) is 13.2 Å². The fourth-order valence-corrected chi connectivity index (χ4v) is 2.26. The third kappa shape index (κ3) is 4.21. The van der Waals surface area contributed by atoms with E-state index in [9.17, 15) is 18.0 Å². The average molecular weight is 280 g/mol. The van der Waals surface area contributed by atoms with Gasteiger partial charge in [0.05, 0.1) is 12.0 Å². The van der Waals surface area contributed by atoms with E-state index in [4.69, 9.17) is 4.42 Å². The van der Waals surface area contributed by atoms with Gasteiger partial charge in [-0.3, -0.25) is 0 Å². The van der Waals surface area contributed by atoms with E-state index < -0.39 is 20.2 Å². The van der Waals surface area contributed by atoms with Gasteiger partial charge in [0.2, 0.25) is 0 Å². The van der Waals surface area contributed by atoms with Crippen LogP contribution in [0.5, 0.6) is 0 Å². The van der Waals surface area contributed by atoms with Crippen LogP contribution in [0.2, 0.25) is 19.6 Å². The smallest absolute Gasteiger partial charge is 0.471 e. The van der Waals surface area contributed by atoms with Crippen molar-refractivity contribution in [2.45, 2.75) is 32.2 Å². The van der Waals surface area contributed by atoms with Gasteiger partial charge in [-0.1, -0.05) is 19.6 Å². The molecule has 0 spiro atoms. The van der Waals surface area contributed by atoms with Gasteiger partial charge in [0.25, 0.3) is 0 Å². The summed E-state index contributed by atoms with van der Waals surface area (Å²) >= 11 is 0. The largest absolute Gasteiger partial charge is 0.490 e. The molecule has 102 valence electrons. The fourth-order valence-electron chi connectivity index (χ4n) is 1.24. The highest BCUT2D eigenvalue weighted by atomic mass is 28.3. The van der Waals surface area contributed by atoms with Crippen LogP contribution in [0.4, 0.5) is 13.2 Å². The maximum Gasteiger partial charge on any atom is 0.490 e. The predicted octanol–water partition coefficient (Wildman–Crippen LogP) is 2.47. The van der Waals surface area contributed by atoms with Crippen LogP contribution in [0.1, 0.15) is 5.76 Å². The Balaban J connectivity index is 2.46. The van der Waals surface area contributed by atoms with Crippen LogP contribution in [-0.4, -0.2) is 26.8 Å². The minimum atomic E-state index is -4.94. The first kappa shape index (κ1) is 14.8. The van der Waals surface area contributed by atoms with Crippen molar-refractivity contribution in [1.29, 1.82) is 0 Å². The molecule has 1 aromatic heterocycles. The molecule has 0 saturated carbocycles. The summed E-state index contributed by atoms with van der Waals surface area (Å²) in [6.07, 6.45) is -4.79. The lowest BCUT2D eigenvalue weighted by atomic mass is 10.3. The van der Waals surface area contributed by atoms with Crippen molar-refractivity contribution in [2.24, 2.45) is 0 Å². The van der Waals surface area contributed by atoms with Crippen molar-refractivity contribution in [1.82, 2.24) is 0 Å². The van der Waals surface area contributed by atoms with Gasteiger partial charge in [0.1, 0.15) is 13.8 Å². The van der Waals surface area contributed by atoms with Crippen LogP contribution in [0.3, 0.4) is 0 Å². The van der Waals surface area contributed by atoms with E-state index >= 15 is 0 Å². The fraction of sp³-hybridized carbons (Fsp3) is 0.545. The standard InChI is InChI=1S/C11H15F3O3Si/c1-18(2,3)9-5-4-8(17-9)6-7-16-10(15)11(12,13)14/h4-5H,6-7H2,1-3H3. The van der Waals surface area contributed by atoms with E-state index in [-0.39, 0.29) is 13.0 Å². The maximum absolute atomic E-state index is 11.8. The van der Waals surface area contributed by atoms with E-state index in [1.54, 1.807) is 6.07 Å². The predicted molar refractivity (Wildman–Crippen MR) is 62.4 cm³/mol. The molecular formula is C11H15F3O3Si. The minimum absolute atomic E-state index is 0.145. The Bertz CT molecular complexity index is 418. The first-order valence-corrected chi connectivity index (χ1v) is 8.94. The van der Waals surface area contributed by atoms with Gasteiger partial charge in [0.15, 0.2) is 0 Å². The van der Waals surface area contributed by atoms with E-state index in [1.807, 2.05) is 6.07 Å². The number of hydrogen-bond donors (Lipinski definition) is 0. The molecule has 0 aromatic carbocycles. The Morgan fingerprint density at radius 2 is 1.94 bits per heavy atom. The Morgan fingerprint density at radius 1 is 1.33 bits per heavy atom. The monoisotopic (exact) mass is 280 g/mol. The highest BCUT2D eigenvalue weighted by Gasteiger charge is 2.40. The summed E-state index contributed by atoms with van der Waals surface area (Å²) in [5, 5.41) is 0.875. The van der Waals surface area contributed by atoms with Crippen LogP contribution in [0.15, 0.2) is 16.5 Å². The number of carbonyl (C=O) groups is 1. The van der Waals surface area contributed by atoms with Gasteiger partial charge in [-0.05, 0) is 12.1 Å². The van der Waals surface area contributed by atoms with E-state index in [2.05, 4.69) is 24.4 Å². The molecular weight excluding hydrogens is 265 g/mol. The second-order valence-electron chi connectivity index (χ2n) is 4.90. The van der Waals surface area contributed by atoms with Crippen molar-refractivity contribution in [2.75, 3.05) is 6.61 Å². The van der Waals surface area contributed by atoms with Crippen LogP contribution < -0.4 is 5.38 Å². The minimum Gasteiger partial charge on any atom is -0.471 e. The molecule has 0 aliphatic heterocycles. The lowest BCUT2D eigenvalue weighted by molar-refractivity contribution is -0.199. The summed E-state index contributed by atoms with van der Waals surface area (Å²) < 4.78 is 45.1. The molecule has 0 aliphatic carbocycles. The van der Waals surface area contributed by atoms with Gasteiger partial charge in [-0.15, -0.1) is 0 Å². The SMILES string of the molecule is C[Si](C)(C)c1ccc(CCOC(=O)C(F)(F)F)o1. The molecule has 0 radical (unpaired) electrons. The van der Waals surface area contributed by atoms with Crippen molar-refractivity contribution in [3.8, 4) is 0 Å². The number of esters is 1. The molecule has 0 N–H and O–H groups in total. The molecule has 0 unspecified atom stereocenters. The van der Waals surface area contributed by atoms with Crippen molar-refractivity contribution >= 4 is 19.4 Å². The Hall–Kier alpha value is -1.24. The lowest BCUT2D eigenvalue weighted by Gasteiger charge is -2.11. The Morgan fingerprint density at radius 3 is 2.39 bits per heavy atom. The van der Waals surface area contributed by atoms with E-state index in [0.717, 1.165) is 5.38 Å². The number of halogens is 3. The Kier molecular flexibility index (Phi) is 4.26. The zero-order valence-electron chi connectivity index (χ0n) is 10.4. The second-order valence-corrected chi connectivity index (χ2v) is 9.89. The number of ether oxygens (including phenoxy) is 1. The zero-order chi connectivity index (χ0) is 14.0. The highest BCUT2D eigenvalue weighted by molar-refractivity contribution is 6.87. The molecule has 0 atom stereocenters. The van der Waals surface area contributed by atoms with Crippen LogP contribution in [0.25, 0.3) is 0 Å². The summed E-state index contributed by atoms with van der Waals surface area (Å²) in [7, 11) is -1.56. The third-order valence-corrected chi connectivity index (χ3v) is 3.96. The van der Waals surface area contributed by atoms with Crippen LogP contribution >= 0.6 is 0 Å². The Labute approximate surface area is 104 Å². The maximum atomic E-state index is 11.8. The normalized spacial score (nSPS) is 12.6. The average Bonchev–Trinajstić information content (AvgIpc) is 2.64. The number of furan rings is 1. The third-order valence-electron chi connectivity index (χ3n) is 2.21. The van der Waals surface area contributed by atoms with Crippen molar-refractivity contribution < 1.29 is 27.1 Å². The first-order valence-electron chi connectivity index (χ1n) is 5.44. The summed E-state index contributed by atoms with van der Waals surface area (Å²) in [5.74, 6) is -1.64. The van der Waals surface area contributed by atoms with Gasteiger partial charge < -0.3 is 9.15 Å². The molecule has 0 amide bonds. The van der Waals surface area contributed by atoms with E-state index in [1.165, 1.54) is 0 Å². The molecule has 18 heavy (non-hydrogen) atoms. The van der Waals surface area contributed by atoms with Crippen molar-refractivity contribution in [3.05, 3.63) is 17.9 Å². The summed E-state index contributed by atoms with van der Waals surface area (Å²) in [4.78, 5) is 10.4. The summed E-state index contributed by atoms with van der Waals surface area (Å²) in [5.41, 5.74) is 0. The molecule has 3 nitrogen and oxygen atoms in total. The molecule has 0 aliphatic rings. The van der Waals surface area contributed by atoms with Gasteiger partial charge in [0, 0.05) is 6.42 Å². The van der Waals surface area contributed by atoms with Crippen molar-refractivity contribution in [3.63, 3.8) is 0 Å². The molecule has 1 aromatic rings. The second kappa shape index (κ2) is 5.17. The number of carbonyl (C=O) groups excluding carboxylic acids is 1. The highest BCUT2D eigenvalue weighted by Crippen LogP contribution is 2.16. The number of rotatable bonds is 4. The summed E-state index contributed by atoms with van der Waals surface area (Å²) in [6.45, 7) is 5.95. The topological polar surface area (TPSA) is 39.4 Å². The van der Waals surface area contributed by atoms with Crippen LogP contribution in [-0.2, 0) is 16.0 Å². The molecule has 0 bridgehead atoms. The van der Waals surface area contributed by atoms with Crippen LogP contribution in [0, 0.1) is 0 Å². The lowest BCUT2D eigenvalue weighted by Crippen LogP contribution is -2.36. The zero-order valence-corrected chi connectivity index (χ0v) is 11.4. The molecule has 0 fully saturated rings. The first-order chi connectivity index (χ1) is 8.10. The number of hydrogen-bond acceptors (Lipinski definition) is 3. The molecule has 1 rings (SSSR count). The molecule has 0 saturated heterocycles. The number of alkyl halides is 3.